The molecule has 1 unspecified atom stereocenters. The molecule has 0 bridgehead atoms. The normalized spacial score (nSPS) is 12.2. The minimum absolute atomic E-state index is 0.142. The van der Waals surface area contributed by atoms with Gasteiger partial charge in [-0.3, -0.25) is 0 Å². The fourth-order valence-corrected chi connectivity index (χ4v) is 2.06. The van der Waals surface area contributed by atoms with E-state index in [9.17, 15) is 0 Å². The first-order chi connectivity index (χ1) is 9.17. The van der Waals surface area contributed by atoms with Crippen LogP contribution in [0.4, 0.5) is 5.95 Å². The van der Waals surface area contributed by atoms with E-state index in [0.29, 0.717) is 12.5 Å². The summed E-state index contributed by atoms with van der Waals surface area (Å²) in [6.07, 6.45) is 0.869. The van der Waals surface area contributed by atoms with Crippen LogP contribution in [-0.2, 0) is 6.42 Å². The maximum absolute atomic E-state index is 5.83. The van der Waals surface area contributed by atoms with Gasteiger partial charge in [0.15, 0.2) is 0 Å². The van der Waals surface area contributed by atoms with Crippen molar-refractivity contribution < 1.29 is 0 Å². The van der Waals surface area contributed by atoms with Crippen molar-refractivity contribution in [3.63, 3.8) is 0 Å². The van der Waals surface area contributed by atoms with E-state index in [1.165, 1.54) is 5.56 Å². The highest BCUT2D eigenvalue weighted by Gasteiger charge is 2.09. The minimum Gasteiger partial charge on any atom is -0.350 e. The van der Waals surface area contributed by atoms with Gasteiger partial charge >= 0.3 is 0 Å². The average molecular weight is 256 g/mol. The van der Waals surface area contributed by atoms with Crippen LogP contribution >= 0.6 is 0 Å². The summed E-state index contributed by atoms with van der Waals surface area (Å²) in [7, 11) is 0. The molecule has 4 heteroatoms. The Bertz CT molecular complexity index is 505. The van der Waals surface area contributed by atoms with Crippen LogP contribution in [0.1, 0.15) is 17.0 Å². The number of rotatable bonds is 5. The molecule has 2 rings (SSSR count). The smallest absolute Gasteiger partial charge is 0.223 e. The van der Waals surface area contributed by atoms with Crippen molar-refractivity contribution in [3.05, 3.63) is 53.3 Å². The van der Waals surface area contributed by atoms with Crippen molar-refractivity contribution in [1.82, 2.24) is 9.97 Å². The predicted molar refractivity (Wildman–Crippen MR) is 78.1 cm³/mol. The lowest BCUT2D eigenvalue weighted by Gasteiger charge is -2.17. The third kappa shape index (κ3) is 4.03. The Labute approximate surface area is 114 Å². The van der Waals surface area contributed by atoms with E-state index < -0.39 is 0 Å². The molecule has 0 spiro atoms. The molecule has 1 atom stereocenters. The number of hydrogen-bond donors (Lipinski definition) is 2. The van der Waals surface area contributed by atoms with E-state index >= 15 is 0 Å². The van der Waals surface area contributed by atoms with E-state index in [0.717, 1.165) is 17.8 Å². The summed E-state index contributed by atoms with van der Waals surface area (Å²) in [6.45, 7) is 4.48. The first kappa shape index (κ1) is 13.5. The first-order valence-corrected chi connectivity index (χ1v) is 6.50. The summed E-state index contributed by atoms with van der Waals surface area (Å²) in [6, 6.07) is 12.4. The zero-order valence-corrected chi connectivity index (χ0v) is 11.4. The van der Waals surface area contributed by atoms with Crippen LogP contribution in [0.25, 0.3) is 0 Å². The van der Waals surface area contributed by atoms with E-state index in [1.807, 2.05) is 38.1 Å². The number of nitrogens with one attached hydrogen (secondary N) is 1. The van der Waals surface area contributed by atoms with Crippen molar-refractivity contribution >= 4 is 5.95 Å². The summed E-state index contributed by atoms with van der Waals surface area (Å²) < 4.78 is 0. The van der Waals surface area contributed by atoms with Crippen molar-refractivity contribution in [3.8, 4) is 0 Å². The van der Waals surface area contributed by atoms with Gasteiger partial charge in [0, 0.05) is 24.0 Å². The molecule has 2 aromatic rings. The second-order valence-electron chi connectivity index (χ2n) is 4.74. The molecule has 0 aliphatic heterocycles. The Kier molecular flexibility index (Phi) is 4.47. The van der Waals surface area contributed by atoms with Gasteiger partial charge in [0.25, 0.3) is 0 Å². The van der Waals surface area contributed by atoms with Gasteiger partial charge in [-0.15, -0.1) is 0 Å². The summed E-state index contributed by atoms with van der Waals surface area (Å²) in [5.41, 5.74) is 9.01. The molecule has 19 heavy (non-hydrogen) atoms. The van der Waals surface area contributed by atoms with Crippen LogP contribution in [0, 0.1) is 13.8 Å². The quantitative estimate of drug-likeness (QED) is 0.859. The highest BCUT2D eigenvalue weighted by molar-refractivity contribution is 5.30. The van der Waals surface area contributed by atoms with Gasteiger partial charge < -0.3 is 11.1 Å². The number of aromatic nitrogens is 2. The summed E-state index contributed by atoms with van der Waals surface area (Å²) in [5.74, 6) is 0.656. The predicted octanol–water partition coefficient (Wildman–Crippen LogP) is 2.08. The SMILES string of the molecule is Cc1cc(C)nc(NC(CN)Cc2ccccc2)n1. The molecule has 1 aromatic heterocycles. The van der Waals surface area contributed by atoms with Crippen molar-refractivity contribution in [1.29, 1.82) is 0 Å². The van der Waals surface area contributed by atoms with Crippen molar-refractivity contribution in [2.45, 2.75) is 26.3 Å². The summed E-state index contributed by atoms with van der Waals surface area (Å²) in [5, 5.41) is 3.31. The summed E-state index contributed by atoms with van der Waals surface area (Å²) in [4.78, 5) is 8.77. The van der Waals surface area contributed by atoms with E-state index in [-0.39, 0.29) is 6.04 Å². The molecular formula is C15H20N4. The fourth-order valence-electron chi connectivity index (χ4n) is 2.06. The Morgan fingerprint density at radius 3 is 2.32 bits per heavy atom. The van der Waals surface area contributed by atoms with Gasteiger partial charge in [0.05, 0.1) is 0 Å². The fraction of sp³-hybridized carbons (Fsp3) is 0.333. The molecule has 100 valence electrons. The molecule has 0 aliphatic rings. The topological polar surface area (TPSA) is 63.8 Å². The Morgan fingerprint density at radius 2 is 1.74 bits per heavy atom. The largest absolute Gasteiger partial charge is 0.350 e. The van der Waals surface area contributed by atoms with Crippen LogP contribution in [0.5, 0.6) is 0 Å². The molecule has 1 aromatic carbocycles. The maximum Gasteiger partial charge on any atom is 0.223 e. The zero-order chi connectivity index (χ0) is 13.7. The highest BCUT2D eigenvalue weighted by atomic mass is 15.1. The van der Waals surface area contributed by atoms with Crippen LogP contribution in [-0.4, -0.2) is 22.6 Å². The Morgan fingerprint density at radius 1 is 1.11 bits per heavy atom. The van der Waals surface area contributed by atoms with Crippen LogP contribution in [0.15, 0.2) is 36.4 Å². The van der Waals surface area contributed by atoms with Gasteiger partial charge in [-0.05, 0) is 31.9 Å². The molecule has 0 saturated carbocycles. The lowest BCUT2D eigenvalue weighted by Crippen LogP contribution is -2.32. The molecule has 0 saturated heterocycles. The van der Waals surface area contributed by atoms with Crippen molar-refractivity contribution in [2.24, 2.45) is 5.73 Å². The molecule has 3 N–H and O–H groups in total. The number of hydrogen-bond acceptors (Lipinski definition) is 4. The molecule has 0 aliphatic carbocycles. The minimum atomic E-state index is 0.142. The van der Waals surface area contributed by atoms with Crippen LogP contribution in [0.3, 0.4) is 0 Å². The molecule has 1 heterocycles. The standard InChI is InChI=1S/C15H20N4/c1-11-8-12(2)18-15(17-11)19-14(10-16)9-13-6-4-3-5-7-13/h3-8,14H,9-10,16H2,1-2H3,(H,17,18,19). The third-order valence-corrected chi connectivity index (χ3v) is 2.92. The van der Waals surface area contributed by atoms with Gasteiger partial charge in [-0.25, -0.2) is 9.97 Å². The molecule has 4 nitrogen and oxygen atoms in total. The number of aryl methyl sites for hydroxylation is 2. The number of nitrogens with two attached hydrogens (primary N) is 1. The second kappa shape index (κ2) is 6.29. The van der Waals surface area contributed by atoms with Gasteiger partial charge in [-0.2, -0.15) is 0 Å². The van der Waals surface area contributed by atoms with E-state index in [2.05, 4.69) is 27.4 Å². The maximum atomic E-state index is 5.83. The van der Waals surface area contributed by atoms with Crippen LogP contribution in [0.2, 0.25) is 0 Å². The van der Waals surface area contributed by atoms with E-state index in [4.69, 9.17) is 5.73 Å². The number of nitrogens with zero attached hydrogens (tertiary/aromatic N) is 2. The Hall–Kier alpha value is -1.94. The van der Waals surface area contributed by atoms with E-state index in [1.54, 1.807) is 0 Å². The molecule has 0 fully saturated rings. The molecule has 0 amide bonds. The lowest BCUT2D eigenvalue weighted by atomic mass is 10.1. The Balaban J connectivity index is 2.06. The number of benzene rings is 1. The second-order valence-corrected chi connectivity index (χ2v) is 4.74. The first-order valence-electron chi connectivity index (χ1n) is 6.50. The van der Waals surface area contributed by atoms with Crippen molar-refractivity contribution in [2.75, 3.05) is 11.9 Å². The average Bonchev–Trinajstić information content (AvgIpc) is 2.38. The molecule has 0 radical (unpaired) electrons. The monoisotopic (exact) mass is 256 g/mol. The summed E-state index contributed by atoms with van der Waals surface area (Å²) >= 11 is 0. The number of anilines is 1. The zero-order valence-electron chi connectivity index (χ0n) is 11.4. The lowest BCUT2D eigenvalue weighted by molar-refractivity contribution is 0.713. The van der Waals surface area contributed by atoms with Crippen LogP contribution < -0.4 is 11.1 Å². The third-order valence-electron chi connectivity index (χ3n) is 2.92. The van der Waals surface area contributed by atoms with Gasteiger partial charge in [0.1, 0.15) is 0 Å². The van der Waals surface area contributed by atoms with Gasteiger partial charge in [0.2, 0.25) is 5.95 Å². The highest BCUT2D eigenvalue weighted by Crippen LogP contribution is 2.08. The molecular weight excluding hydrogens is 236 g/mol. The van der Waals surface area contributed by atoms with Gasteiger partial charge in [-0.1, -0.05) is 30.3 Å².